The van der Waals surface area contributed by atoms with Gasteiger partial charge in [-0.2, -0.15) is 13.2 Å². The van der Waals surface area contributed by atoms with Crippen LogP contribution in [-0.2, 0) is 6.18 Å². The number of hydrogen-bond donors (Lipinski definition) is 0. The summed E-state index contributed by atoms with van der Waals surface area (Å²) in [5.74, 6) is -0.989. The van der Waals surface area contributed by atoms with Gasteiger partial charge in [-0.15, -0.1) is 0 Å². The number of hydrogen-bond acceptors (Lipinski definition) is 3. The van der Waals surface area contributed by atoms with E-state index in [-0.39, 0.29) is 5.69 Å². The Morgan fingerprint density at radius 3 is 2.40 bits per heavy atom. The van der Waals surface area contributed by atoms with Gasteiger partial charge in [0.1, 0.15) is 6.33 Å². The van der Waals surface area contributed by atoms with Gasteiger partial charge in [0.05, 0.1) is 18.1 Å². The molecule has 0 aliphatic heterocycles. The van der Waals surface area contributed by atoms with Gasteiger partial charge in [-0.1, -0.05) is 0 Å². The first-order valence-corrected chi connectivity index (χ1v) is 3.95. The quantitative estimate of drug-likeness (QED) is 0.725. The molecule has 15 heavy (non-hydrogen) atoms. The van der Waals surface area contributed by atoms with Crippen LogP contribution in [0.15, 0.2) is 31.1 Å². The molecule has 0 amide bonds. The summed E-state index contributed by atoms with van der Waals surface area (Å²) in [4.78, 5) is 10.5. The Hall–Kier alpha value is -1.92. The summed E-state index contributed by atoms with van der Waals surface area (Å²) in [5.41, 5.74) is 0.224. The second-order valence-electron chi connectivity index (χ2n) is 2.72. The molecule has 0 aliphatic rings. The molecule has 0 aromatic carbocycles. The summed E-state index contributed by atoms with van der Waals surface area (Å²) >= 11 is 0. The van der Waals surface area contributed by atoms with Crippen LogP contribution in [0.3, 0.4) is 0 Å². The number of halogens is 3. The lowest BCUT2D eigenvalue weighted by Gasteiger charge is -2.08. The highest BCUT2D eigenvalue weighted by atomic mass is 19.4. The van der Waals surface area contributed by atoms with Crippen molar-refractivity contribution in [1.82, 2.24) is 19.5 Å². The first-order valence-electron chi connectivity index (χ1n) is 3.95. The fraction of sp³-hybridized carbons (Fsp3) is 0.125. The molecule has 2 aromatic heterocycles. The molecule has 0 N–H and O–H groups in total. The minimum Gasteiger partial charge on any atom is -0.293 e. The third-order valence-electron chi connectivity index (χ3n) is 1.72. The van der Waals surface area contributed by atoms with Crippen LogP contribution in [0.1, 0.15) is 5.82 Å². The SMILES string of the molecule is FC(F)(F)c1nccn1-c1cncnc1. The van der Waals surface area contributed by atoms with Crippen molar-refractivity contribution in [3.8, 4) is 5.69 Å². The Balaban J connectivity index is 2.51. The van der Waals surface area contributed by atoms with Gasteiger partial charge in [-0.05, 0) is 0 Å². The summed E-state index contributed by atoms with van der Waals surface area (Å²) in [6.45, 7) is 0. The monoisotopic (exact) mass is 214 g/mol. The second kappa shape index (κ2) is 3.34. The van der Waals surface area contributed by atoms with E-state index in [4.69, 9.17) is 0 Å². The molecule has 0 unspecified atom stereocenters. The molecule has 7 heteroatoms. The first-order chi connectivity index (χ1) is 7.09. The third kappa shape index (κ3) is 1.80. The molecule has 2 aromatic rings. The Labute approximate surface area is 82.4 Å². The highest BCUT2D eigenvalue weighted by Gasteiger charge is 2.36. The smallest absolute Gasteiger partial charge is 0.293 e. The lowest BCUT2D eigenvalue weighted by Crippen LogP contribution is -2.13. The summed E-state index contributed by atoms with van der Waals surface area (Å²) in [6.07, 6.45) is 1.61. The van der Waals surface area contributed by atoms with Gasteiger partial charge in [0.2, 0.25) is 5.82 Å². The molecule has 0 bridgehead atoms. The second-order valence-corrected chi connectivity index (χ2v) is 2.72. The number of rotatable bonds is 1. The fourth-order valence-electron chi connectivity index (χ4n) is 1.14. The lowest BCUT2D eigenvalue weighted by atomic mass is 10.5. The predicted octanol–water partition coefficient (Wildman–Crippen LogP) is 1.68. The zero-order valence-corrected chi connectivity index (χ0v) is 7.31. The largest absolute Gasteiger partial charge is 0.450 e. The molecule has 2 heterocycles. The zero-order chi connectivity index (χ0) is 10.9. The molecule has 0 saturated carbocycles. The lowest BCUT2D eigenvalue weighted by molar-refractivity contribution is -0.145. The molecule has 78 valence electrons. The van der Waals surface area contributed by atoms with Gasteiger partial charge in [-0.25, -0.2) is 15.0 Å². The molecule has 0 saturated heterocycles. The van der Waals surface area contributed by atoms with Crippen LogP contribution < -0.4 is 0 Å². The van der Waals surface area contributed by atoms with Gasteiger partial charge in [0.15, 0.2) is 0 Å². The van der Waals surface area contributed by atoms with Crippen molar-refractivity contribution < 1.29 is 13.2 Å². The minimum atomic E-state index is -4.49. The van der Waals surface area contributed by atoms with E-state index in [9.17, 15) is 13.2 Å². The molecule has 0 aliphatic carbocycles. The van der Waals surface area contributed by atoms with E-state index in [1.807, 2.05) is 0 Å². The summed E-state index contributed by atoms with van der Waals surface area (Å²) in [6, 6.07) is 0. The fourth-order valence-corrected chi connectivity index (χ4v) is 1.14. The molecular formula is C8H5F3N4. The molecule has 2 rings (SSSR count). The average Bonchev–Trinajstić information content (AvgIpc) is 2.67. The minimum absolute atomic E-state index is 0.224. The van der Waals surface area contributed by atoms with Gasteiger partial charge in [-0.3, -0.25) is 4.57 Å². The molecule has 4 nitrogen and oxygen atoms in total. The summed E-state index contributed by atoms with van der Waals surface area (Å²) < 4.78 is 38.2. The number of imidazole rings is 1. The van der Waals surface area contributed by atoms with Crippen molar-refractivity contribution >= 4 is 0 Å². The van der Waals surface area contributed by atoms with Crippen molar-refractivity contribution in [2.45, 2.75) is 6.18 Å². The van der Waals surface area contributed by atoms with Crippen LogP contribution in [0.5, 0.6) is 0 Å². The van der Waals surface area contributed by atoms with E-state index in [0.717, 1.165) is 10.8 Å². The van der Waals surface area contributed by atoms with E-state index < -0.39 is 12.0 Å². The molecule has 0 radical (unpaired) electrons. The van der Waals surface area contributed by atoms with E-state index in [0.29, 0.717) is 0 Å². The van der Waals surface area contributed by atoms with Crippen molar-refractivity contribution in [1.29, 1.82) is 0 Å². The molecular weight excluding hydrogens is 209 g/mol. The van der Waals surface area contributed by atoms with Crippen LogP contribution in [-0.4, -0.2) is 19.5 Å². The topological polar surface area (TPSA) is 43.6 Å². The van der Waals surface area contributed by atoms with Gasteiger partial charge >= 0.3 is 6.18 Å². The zero-order valence-electron chi connectivity index (χ0n) is 7.31. The Kier molecular flexibility index (Phi) is 2.14. The van der Waals surface area contributed by atoms with Crippen molar-refractivity contribution in [2.24, 2.45) is 0 Å². The van der Waals surface area contributed by atoms with Gasteiger partial charge in [0, 0.05) is 12.4 Å². The average molecular weight is 214 g/mol. The summed E-state index contributed by atoms with van der Waals surface area (Å²) in [7, 11) is 0. The van der Waals surface area contributed by atoms with Crippen molar-refractivity contribution in [2.75, 3.05) is 0 Å². The van der Waals surface area contributed by atoms with Crippen LogP contribution in [0, 0.1) is 0 Å². The maximum atomic E-state index is 12.4. The number of alkyl halides is 3. The molecule has 0 fully saturated rings. The van der Waals surface area contributed by atoms with Crippen LogP contribution >= 0.6 is 0 Å². The normalized spacial score (nSPS) is 11.7. The maximum Gasteiger partial charge on any atom is 0.450 e. The van der Waals surface area contributed by atoms with Crippen LogP contribution in [0.25, 0.3) is 5.69 Å². The van der Waals surface area contributed by atoms with E-state index in [2.05, 4.69) is 15.0 Å². The number of nitrogens with zero attached hydrogens (tertiary/aromatic N) is 4. The number of aromatic nitrogens is 4. The van der Waals surface area contributed by atoms with Crippen LogP contribution in [0.2, 0.25) is 0 Å². The van der Waals surface area contributed by atoms with Gasteiger partial charge in [0.25, 0.3) is 0 Å². The van der Waals surface area contributed by atoms with E-state index in [1.54, 1.807) is 0 Å². The third-order valence-corrected chi connectivity index (χ3v) is 1.72. The first kappa shape index (κ1) is 9.63. The van der Waals surface area contributed by atoms with E-state index in [1.165, 1.54) is 24.9 Å². The molecule has 0 atom stereocenters. The highest BCUT2D eigenvalue weighted by molar-refractivity contribution is 5.27. The standard InChI is InChI=1S/C8H5F3N4/c9-8(10,11)7-14-1-2-15(7)6-3-12-5-13-4-6/h1-5H. The van der Waals surface area contributed by atoms with Gasteiger partial charge < -0.3 is 0 Å². The summed E-state index contributed by atoms with van der Waals surface area (Å²) in [5, 5.41) is 0. The highest BCUT2D eigenvalue weighted by Crippen LogP contribution is 2.28. The Morgan fingerprint density at radius 1 is 1.13 bits per heavy atom. The predicted molar refractivity (Wildman–Crippen MR) is 44.2 cm³/mol. The van der Waals surface area contributed by atoms with Crippen molar-refractivity contribution in [3.05, 3.63) is 36.9 Å². The molecule has 0 spiro atoms. The van der Waals surface area contributed by atoms with Crippen molar-refractivity contribution in [3.63, 3.8) is 0 Å². The Morgan fingerprint density at radius 2 is 1.80 bits per heavy atom. The maximum absolute atomic E-state index is 12.4. The Bertz CT molecular complexity index is 448. The van der Waals surface area contributed by atoms with E-state index >= 15 is 0 Å². The van der Waals surface area contributed by atoms with Crippen LogP contribution in [0.4, 0.5) is 13.2 Å².